The molecule has 7 nitrogen and oxygen atoms in total. The number of halogens is 3. The van der Waals surface area contributed by atoms with E-state index in [4.69, 9.17) is 9.15 Å². The molecule has 1 aliphatic heterocycles. The molecule has 1 aliphatic rings. The van der Waals surface area contributed by atoms with E-state index in [1.54, 1.807) is 24.9 Å². The summed E-state index contributed by atoms with van der Waals surface area (Å²) in [5.41, 5.74) is 0.381. The van der Waals surface area contributed by atoms with Gasteiger partial charge in [0.15, 0.2) is 5.96 Å². The van der Waals surface area contributed by atoms with Crippen molar-refractivity contribution in [2.75, 3.05) is 32.1 Å². The lowest BCUT2D eigenvalue weighted by Crippen LogP contribution is -2.44. The van der Waals surface area contributed by atoms with Gasteiger partial charge in [0, 0.05) is 26.2 Å². The Morgan fingerprint density at radius 2 is 2.07 bits per heavy atom. The first-order valence-corrected chi connectivity index (χ1v) is 9.26. The third-order valence-corrected chi connectivity index (χ3v) is 4.81. The zero-order valence-electron chi connectivity index (χ0n) is 17.0. The first-order chi connectivity index (χ1) is 13.9. The fraction of sp³-hybridized carbons (Fsp3) is 0.400. The van der Waals surface area contributed by atoms with Crippen LogP contribution >= 0.6 is 24.0 Å². The number of aryl methyl sites for hydroxylation is 1. The van der Waals surface area contributed by atoms with Gasteiger partial charge in [0.1, 0.15) is 34.4 Å². The van der Waals surface area contributed by atoms with Gasteiger partial charge in [-0.2, -0.15) is 0 Å². The summed E-state index contributed by atoms with van der Waals surface area (Å²) >= 11 is 0. The van der Waals surface area contributed by atoms with Crippen molar-refractivity contribution in [3.8, 4) is 0 Å². The van der Waals surface area contributed by atoms with Crippen molar-refractivity contribution in [2.45, 2.75) is 25.9 Å². The number of hydrogen-bond donors (Lipinski definition) is 2. The predicted octanol–water partition coefficient (Wildman–Crippen LogP) is 3.21. The van der Waals surface area contributed by atoms with Gasteiger partial charge in [0.2, 0.25) is 0 Å². The zero-order chi connectivity index (χ0) is 21.0. The van der Waals surface area contributed by atoms with Crippen LogP contribution in [0, 0.1) is 18.6 Å². The smallest absolute Gasteiger partial charge is 0.341 e. The highest BCUT2D eigenvalue weighted by molar-refractivity contribution is 14.0. The van der Waals surface area contributed by atoms with Crippen LogP contribution in [0.15, 0.2) is 33.7 Å². The van der Waals surface area contributed by atoms with Gasteiger partial charge in [0.05, 0.1) is 13.7 Å². The van der Waals surface area contributed by atoms with E-state index < -0.39 is 17.6 Å². The Morgan fingerprint density at radius 3 is 2.70 bits per heavy atom. The minimum atomic E-state index is -0.567. The van der Waals surface area contributed by atoms with Crippen LogP contribution in [0.4, 0.5) is 14.5 Å². The lowest BCUT2D eigenvalue weighted by molar-refractivity contribution is 0.0599. The Labute approximate surface area is 190 Å². The van der Waals surface area contributed by atoms with Gasteiger partial charge in [-0.05, 0) is 31.5 Å². The Hall–Kier alpha value is -2.37. The number of rotatable bonds is 5. The number of carbonyl (C=O) groups excluding carboxylic acids is 1. The molecule has 0 radical (unpaired) electrons. The number of methoxy groups -OCH3 is 1. The number of furan rings is 1. The van der Waals surface area contributed by atoms with E-state index in [9.17, 15) is 13.6 Å². The third kappa shape index (κ3) is 5.41. The third-order valence-electron chi connectivity index (χ3n) is 4.81. The van der Waals surface area contributed by atoms with Crippen LogP contribution in [0.2, 0.25) is 0 Å². The first-order valence-electron chi connectivity index (χ1n) is 9.26. The summed E-state index contributed by atoms with van der Waals surface area (Å²) in [6.45, 7) is 2.99. The molecule has 164 valence electrons. The Bertz CT molecular complexity index is 899. The fourth-order valence-electron chi connectivity index (χ4n) is 3.37. The van der Waals surface area contributed by atoms with Gasteiger partial charge < -0.3 is 24.7 Å². The van der Waals surface area contributed by atoms with Crippen molar-refractivity contribution in [2.24, 2.45) is 4.99 Å². The van der Waals surface area contributed by atoms with Gasteiger partial charge in [-0.3, -0.25) is 4.99 Å². The standard InChI is InChI=1S/C20H24F2N4O3.HI/c1-12-15(19(27)28-3)9-14(29-12)10-24-20(23-2)25-13-7-8-26(11-13)18-16(21)5-4-6-17(18)22;/h4-6,9,13H,7-8,10-11H2,1-3H3,(H2,23,24,25);1H. The molecule has 0 aliphatic carbocycles. The lowest BCUT2D eigenvalue weighted by atomic mass is 10.2. The Balaban J connectivity index is 0.00000320. The van der Waals surface area contributed by atoms with Crippen molar-refractivity contribution >= 4 is 41.6 Å². The number of carbonyl (C=O) groups is 1. The van der Waals surface area contributed by atoms with Crippen LogP contribution in [-0.4, -0.2) is 45.2 Å². The Morgan fingerprint density at radius 1 is 1.37 bits per heavy atom. The largest absolute Gasteiger partial charge is 0.465 e. The molecular formula is C20H25F2IN4O3. The molecule has 0 saturated carbocycles. The summed E-state index contributed by atoms with van der Waals surface area (Å²) < 4.78 is 38.3. The maximum Gasteiger partial charge on any atom is 0.341 e. The van der Waals surface area contributed by atoms with Gasteiger partial charge in [-0.1, -0.05) is 6.07 Å². The second-order valence-corrected chi connectivity index (χ2v) is 6.75. The zero-order valence-corrected chi connectivity index (χ0v) is 19.3. The van der Waals surface area contributed by atoms with Crippen molar-refractivity contribution < 1.29 is 22.7 Å². The van der Waals surface area contributed by atoms with Crippen molar-refractivity contribution in [1.82, 2.24) is 10.6 Å². The molecule has 1 atom stereocenters. The number of nitrogens with zero attached hydrogens (tertiary/aromatic N) is 2. The highest BCUT2D eigenvalue weighted by atomic mass is 127. The second-order valence-electron chi connectivity index (χ2n) is 6.75. The topological polar surface area (TPSA) is 79.1 Å². The van der Waals surface area contributed by atoms with Gasteiger partial charge >= 0.3 is 5.97 Å². The molecule has 2 heterocycles. The summed E-state index contributed by atoms with van der Waals surface area (Å²) in [4.78, 5) is 17.5. The van der Waals surface area contributed by atoms with Crippen molar-refractivity contribution in [3.05, 3.63) is 53.0 Å². The molecule has 2 aromatic rings. The highest BCUT2D eigenvalue weighted by Gasteiger charge is 2.27. The SMILES string of the molecule is CN=C(NCc1cc(C(=O)OC)c(C)o1)NC1CCN(c2c(F)cccc2F)C1.I. The van der Waals surface area contributed by atoms with Crippen LogP contribution in [0.25, 0.3) is 0 Å². The molecule has 30 heavy (non-hydrogen) atoms. The molecule has 2 N–H and O–H groups in total. The average Bonchev–Trinajstić information content (AvgIpc) is 3.30. The first kappa shape index (κ1) is 23.9. The Kier molecular flexibility index (Phi) is 8.44. The van der Waals surface area contributed by atoms with Crippen LogP contribution in [0.5, 0.6) is 0 Å². The number of aliphatic imine (C=N–C) groups is 1. The maximum absolute atomic E-state index is 14.0. The number of nitrogens with one attached hydrogen (secondary N) is 2. The summed E-state index contributed by atoms with van der Waals surface area (Å²) in [7, 11) is 2.95. The van der Waals surface area contributed by atoms with E-state index in [2.05, 4.69) is 15.6 Å². The number of hydrogen-bond acceptors (Lipinski definition) is 5. The quantitative estimate of drug-likeness (QED) is 0.266. The van der Waals surface area contributed by atoms with E-state index in [-0.39, 0.29) is 35.7 Å². The molecule has 1 fully saturated rings. The normalized spacial score (nSPS) is 16.2. The number of ether oxygens (including phenoxy) is 1. The number of esters is 1. The van der Waals surface area contributed by atoms with E-state index >= 15 is 0 Å². The van der Waals surface area contributed by atoms with E-state index in [1.165, 1.54) is 25.3 Å². The van der Waals surface area contributed by atoms with Crippen LogP contribution in [0.3, 0.4) is 0 Å². The molecule has 1 aromatic carbocycles. The van der Waals surface area contributed by atoms with Crippen LogP contribution < -0.4 is 15.5 Å². The average molecular weight is 534 g/mol. The summed E-state index contributed by atoms with van der Waals surface area (Å²) in [5, 5.41) is 6.36. The van der Waals surface area contributed by atoms with E-state index in [1.807, 2.05) is 0 Å². The summed E-state index contributed by atoms with van der Waals surface area (Å²) in [5.74, 6) is -0.0151. The summed E-state index contributed by atoms with van der Waals surface area (Å²) in [6, 6.07) is 5.47. The molecule has 0 spiro atoms. The molecular weight excluding hydrogens is 509 g/mol. The molecule has 1 unspecified atom stereocenters. The number of para-hydroxylation sites is 1. The monoisotopic (exact) mass is 534 g/mol. The lowest BCUT2D eigenvalue weighted by Gasteiger charge is -2.21. The molecule has 0 bridgehead atoms. The molecule has 10 heteroatoms. The minimum Gasteiger partial charge on any atom is -0.465 e. The highest BCUT2D eigenvalue weighted by Crippen LogP contribution is 2.26. The molecule has 1 aromatic heterocycles. The van der Waals surface area contributed by atoms with Crippen LogP contribution in [-0.2, 0) is 11.3 Å². The number of anilines is 1. The maximum atomic E-state index is 14.0. The van der Waals surface area contributed by atoms with E-state index in [0.29, 0.717) is 49.1 Å². The fourth-order valence-corrected chi connectivity index (χ4v) is 3.37. The van der Waals surface area contributed by atoms with Gasteiger partial charge in [0.25, 0.3) is 0 Å². The number of benzene rings is 1. The predicted molar refractivity (Wildman–Crippen MR) is 121 cm³/mol. The van der Waals surface area contributed by atoms with Crippen molar-refractivity contribution in [1.29, 1.82) is 0 Å². The van der Waals surface area contributed by atoms with Crippen molar-refractivity contribution in [3.63, 3.8) is 0 Å². The minimum absolute atomic E-state index is 0. The van der Waals surface area contributed by atoms with E-state index in [0.717, 1.165) is 0 Å². The number of guanidine groups is 1. The molecule has 0 amide bonds. The van der Waals surface area contributed by atoms with Crippen LogP contribution in [0.1, 0.15) is 28.3 Å². The second kappa shape index (κ2) is 10.6. The summed E-state index contributed by atoms with van der Waals surface area (Å²) in [6.07, 6.45) is 0.709. The molecule has 1 saturated heterocycles. The molecule has 3 rings (SSSR count). The van der Waals surface area contributed by atoms with Gasteiger partial charge in [-0.15, -0.1) is 24.0 Å². The van der Waals surface area contributed by atoms with Gasteiger partial charge in [-0.25, -0.2) is 13.6 Å².